The molecule has 3 heterocycles. The Kier molecular flexibility index (Phi) is 3.27. The highest BCUT2D eigenvalue weighted by atomic mass is 19.1. The number of amides is 1. The molecule has 1 amide bonds. The van der Waals surface area contributed by atoms with Crippen molar-refractivity contribution >= 4 is 28.3 Å². The quantitative estimate of drug-likeness (QED) is 0.544. The van der Waals surface area contributed by atoms with Gasteiger partial charge in [0.05, 0.1) is 29.1 Å². The summed E-state index contributed by atoms with van der Waals surface area (Å²) in [6.07, 6.45) is 4.26. The maximum atomic E-state index is 14.9. The van der Waals surface area contributed by atoms with Crippen LogP contribution in [0.2, 0.25) is 0 Å². The third-order valence-corrected chi connectivity index (χ3v) is 6.31. The van der Waals surface area contributed by atoms with E-state index in [4.69, 9.17) is 5.73 Å². The van der Waals surface area contributed by atoms with Crippen LogP contribution in [0.15, 0.2) is 48.9 Å². The SMILES string of the molecule is Nc1nc2cc(F)c(C(=O)N3CC4CC(C3)c3ccccc34)cc2n2cncc12. The number of halogens is 1. The zero-order valence-electron chi connectivity index (χ0n) is 15.5. The van der Waals surface area contributed by atoms with Crippen LogP contribution in [0, 0.1) is 5.82 Å². The average Bonchev–Trinajstić information content (AvgIpc) is 3.32. The van der Waals surface area contributed by atoms with E-state index >= 15 is 0 Å². The van der Waals surface area contributed by atoms with Gasteiger partial charge in [0.1, 0.15) is 17.2 Å². The molecule has 29 heavy (non-hydrogen) atoms. The highest BCUT2D eigenvalue weighted by Gasteiger charge is 2.39. The van der Waals surface area contributed by atoms with Crippen LogP contribution in [0.3, 0.4) is 0 Å². The summed E-state index contributed by atoms with van der Waals surface area (Å²) in [6, 6.07) is 11.2. The maximum absolute atomic E-state index is 14.9. The fraction of sp³-hybridized carbons (Fsp3) is 0.227. The number of nitrogens with zero attached hydrogens (tertiary/aromatic N) is 4. The highest BCUT2D eigenvalue weighted by Crippen LogP contribution is 2.46. The zero-order chi connectivity index (χ0) is 19.7. The topological polar surface area (TPSA) is 76.5 Å². The second-order valence-electron chi connectivity index (χ2n) is 7.94. The number of piperidine rings is 1. The number of fused-ring (bicyclic) bond motifs is 8. The van der Waals surface area contributed by atoms with Crippen LogP contribution < -0.4 is 5.73 Å². The number of anilines is 1. The number of hydrogen-bond acceptors (Lipinski definition) is 4. The maximum Gasteiger partial charge on any atom is 0.256 e. The Hall–Kier alpha value is -3.48. The molecule has 0 saturated carbocycles. The summed E-state index contributed by atoms with van der Waals surface area (Å²) in [5.74, 6) is 0.0543. The highest BCUT2D eigenvalue weighted by molar-refractivity contribution is 5.98. The molecule has 144 valence electrons. The van der Waals surface area contributed by atoms with Crippen molar-refractivity contribution in [1.82, 2.24) is 19.3 Å². The van der Waals surface area contributed by atoms with Gasteiger partial charge < -0.3 is 10.6 Å². The van der Waals surface area contributed by atoms with Crippen LogP contribution in [0.4, 0.5) is 10.2 Å². The van der Waals surface area contributed by atoms with Crippen molar-refractivity contribution in [2.24, 2.45) is 0 Å². The van der Waals surface area contributed by atoms with Gasteiger partial charge in [-0.25, -0.2) is 14.4 Å². The monoisotopic (exact) mass is 387 g/mol. The van der Waals surface area contributed by atoms with E-state index in [1.165, 1.54) is 17.2 Å². The summed E-state index contributed by atoms with van der Waals surface area (Å²) >= 11 is 0. The van der Waals surface area contributed by atoms with Gasteiger partial charge in [-0.05, 0) is 23.6 Å². The van der Waals surface area contributed by atoms with Gasteiger partial charge in [0.15, 0.2) is 0 Å². The number of carbonyl (C=O) groups excluding carboxylic acids is 1. The third kappa shape index (κ3) is 2.30. The molecule has 1 saturated heterocycles. The molecule has 2 atom stereocenters. The molecule has 2 aromatic carbocycles. The molecule has 2 unspecified atom stereocenters. The molecule has 2 aromatic heterocycles. The predicted molar refractivity (Wildman–Crippen MR) is 107 cm³/mol. The van der Waals surface area contributed by atoms with Crippen molar-refractivity contribution in [3.63, 3.8) is 0 Å². The Bertz CT molecular complexity index is 1280. The minimum absolute atomic E-state index is 0.0597. The van der Waals surface area contributed by atoms with Gasteiger partial charge in [-0.2, -0.15) is 0 Å². The van der Waals surface area contributed by atoms with Crippen molar-refractivity contribution in [1.29, 1.82) is 0 Å². The number of imidazole rings is 1. The van der Waals surface area contributed by atoms with Crippen molar-refractivity contribution in [2.75, 3.05) is 18.8 Å². The summed E-state index contributed by atoms with van der Waals surface area (Å²) in [5, 5.41) is 0. The lowest BCUT2D eigenvalue weighted by Crippen LogP contribution is -2.40. The molecular weight excluding hydrogens is 369 g/mol. The number of likely N-dealkylation sites (tertiary alicyclic amines) is 1. The Morgan fingerprint density at radius 2 is 1.83 bits per heavy atom. The summed E-state index contributed by atoms with van der Waals surface area (Å²) in [7, 11) is 0. The summed E-state index contributed by atoms with van der Waals surface area (Å²) in [6.45, 7) is 1.23. The molecule has 1 aliphatic carbocycles. The van der Waals surface area contributed by atoms with E-state index in [1.807, 2.05) is 12.1 Å². The Morgan fingerprint density at radius 1 is 1.10 bits per heavy atom. The second kappa shape index (κ2) is 5.76. The Balaban J connectivity index is 1.42. The van der Waals surface area contributed by atoms with E-state index in [1.54, 1.807) is 27.9 Å². The lowest BCUT2D eigenvalue weighted by atomic mass is 9.95. The molecular formula is C22H18FN5O. The number of benzene rings is 2. The van der Waals surface area contributed by atoms with Gasteiger partial charge in [-0.3, -0.25) is 9.20 Å². The molecule has 1 aliphatic heterocycles. The van der Waals surface area contributed by atoms with Gasteiger partial charge in [0.25, 0.3) is 5.91 Å². The van der Waals surface area contributed by atoms with Gasteiger partial charge >= 0.3 is 0 Å². The Morgan fingerprint density at radius 3 is 2.55 bits per heavy atom. The molecule has 2 aliphatic rings. The van der Waals surface area contributed by atoms with Crippen LogP contribution in [0.1, 0.15) is 39.7 Å². The second-order valence-corrected chi connectivity index (χ2v) is 7.94. The molecule has 7 heteroatoms. The van der Waals surface area contributed by atoms with Crippen LogP contribution in [-0.2, 0) is 0 Å². The van der Waals surface area contributed by atoms with E-state index < -0.39 is 5.82 Å². The zero-order valence-corrected chi connectivity index (χ0v) is 15.5. The van der Waals surface area contributed by atoms with Crippen molar-refractivity contribution in [2.45, 2.75) is 18.3 Å². The minimum Gasteiger partial charge on any atom is -0.382 e. The van der Waals surface area contributed by atoms with Crippen LogP contribution >= 0.6 is 0 Å². The van der Waals surface area contributed by atoms with Gasteiger partial charge in [0, 0.05) is 31.0 Å². The largest absolute Gasteiger partial charge is 0.382 e. The number of aromatic nitrogens is 3. The van der Waals surface area contributed by atoms with E-state index in [0.29, 0.717) is 41.5 Å². The standard InChI is InChI=1S/C22H18FN5O/c23-17-7-18-19(28-11-25-8-20(28)21(24)26-18)6-16(17)22(29)27-9-12-5-13(10-27)15-4-2-1-3-14(12)15/h1-4,6-8,11-13H,5,9-10H2,(H2,24,26). The van der Waals surface area contributed by atoms with E-state index in [0.717, 1.165) is 6.42 Å². The third-order valence-electron chi connectivity index (χ3n) is 6.31. The first kappa shape index (κ1) is 16.5. The fourth-order valence-electron chi connectivity index (χ4n) is 5.00. The van der Waals surface area contributed by atoms with Crippen LogP contribution in [0.25, 0.3) is 16.6 Å². The molecule has 2 N–H and O–H groups in total. The van der Waals surface area contributed by atoms with E-state index in [9.17, 15) is 9.18 Å². The van der Waals surface area contributed by atoms with Gasteiger partial charge in [-0.1, -0.05) is 24.3 Å². The number of rotatable bonds is 1. The van der Waals surface area contributed by atoms with Crippen molar-refractivity contribution in [3.05, 3.63) is 71.4 Å². The lowest BCUT2D eigenvalue weighted by molar-refractivity contribution is 0.0697. The fourth-order valence-corrected chi connectivity index (χ4v) is 5.00. The number of nitrogens with two attached hydrogens (primary N) is 1. The number of hydrogen-bond donors (Lipinski definition) is 1. The van der Waals surface area contributed by atoms with E-state index in [2.05, 4.69) is 22.1 Å². The van der Waals surface area contributed by atoms with Crippen LogP contribution in [-0.4, -0.2) is 38.3 Å². The van der Waals surface area contributed by atoms with Crippen molar-refractivity contribution < 1.29 is 9.18 Å². The lowest BCUT2D eigenvalue weighted by Gasteiger charge is -2.32. The molecule has 1 fully saturated rings. The van der Waals surface area contributed by atoms with Crippen LogP contribution in [0.5, 0.6) is 0 Å². The van der Waals surface area contributed by atoms with Gasteiger partial charge in [-0.15, -0.1) is 0 Å². The summed E-state index contributed by atoms with van der Waals surface area (Å²) < 4.78 is 16.6. The van der Waals surface area contributed by atoms with E-state index in [-0.39, 0.29) is 17.3 Å². The molecule has 2 bridgehead atoms. The summed E-state index contributed by atoms with van der Waals surface area (Å²) in [4.78, 5) is 23.4. The molecule has 4 aromatic rings. The first-order valence-electron chi connectivity index (χ1n) is 9.69. The minimum atomic E-state index is -0.579. The average molecular weight is 387 g/mol. The number of carbonyl (C=O) groups is 1. The first-order chi connectivity index (χ1) is 14.1. The molecule has 0 radical (unpaired) electrons. The summed E-state index contributed by atoms with van der Waals surface area (Å²) in [5.41, 5.74) is 10.3. The number of nitrogen functional groups attached to an aromatic ring is 1. The smallest absolute Gasteiger partial charge is 0.256 e. The van der Waals surface area contributed by atoms with Gasteiger partial charge in [0.2, 0.25) is 0 Å². The van der Waals surface area contributed by atoms with Crippen molar-refractivity contribution in [3.8, 4) is 0 Å². The molecule has 6 rings (SSSR count). The molecule has 6 nitrogen and oxygen atoms in total. The first-order valence-corrected chi connectivity index (χ1v) is 9.69. The molecule has 0 spiro atoms. The predicted octanol–water partition coefficient (Wildman–Crippen LogP) is 3.33. The normalized spacial score (nSPS) is 20.4. The Labute approximate surface area is 165 Å².